The minimum absolute atomic E-state index is 0.0793. The summed E-state index contributed by atoms with van der Waals surface area (Å²) in [5.74, 6) is 0.583. The van der Waals surface area contributed by atoms with E-state index in [1.54, 1.807) is 12.1 Å². The van der Waals surface area contributed by atoms with Gasteiger partial charge in [0, 0.05) is 21.8 Å². The molecule has 0 fully saturated rings. The number of nitrogens with zero attached hydrogens (tertiary/aromatic N) is 3. The Balaban J connectivity index is 1.47. The second kappa shape index (κ2) is 8.39. The van der Waals surface area contributed by atoms with Gasteiger partial charge in [0.05, 0.1) is 10.9 Å². The molecule has 0 bridgehead atoms. The Bertz CT molecular complexity index is 1410. The van der Waals surface area contributed by atoms with E-state index in [1.807, 2.05) is 66.1 Å². The average Bonchev–Trinajstić information content (AvgIpc) is 3.41. The third-order valence-corrected chi connectivity index (χ3v) is 6.37. The summed E-state index contributed by atoms with van der Waals surface area (Å²) in [5, 5.41) is 11.8. The number of para-hydroxylation sites is 1. The molecule has 6 nitrogen and oxygen atoms in total. The molecule has 0 aliphatic heterocycles. The van der Waals surface area contributed by atoms with Crippen LogP contribution in [0.5, 0.6) is 5.75 Å². The van der Waals surface area contributed by atoms with E-state index >= 15 is 0 Å². The molecular weight excluding hydrogens is 427 g/mol. The summed E-state index contributed by atoms with van der Waals surface area (Å²) < 4.78 is 23.1. The Hall–Kier alpha value is -3.78. The molecule has 0 aliphatic carbocycles. The van der Waals surface area contributed by atoms with E-state index in [0.29, 0.717) is 37.7 Å². The van der Waals surface area contributed by atoms with E-state index in [2.05, 4.69) is 15.5 Å². The van der Waals surface area contributed by atoms with Gasteiger partial charge in [-0.3, -0.25) is 9.20 Å². The molecule has 0 radical (unpaired) electrons. The third kappa shape index (κ3) is 3.69. The number of hydrogen-bond donors (Lipinski definition) is 1. The first-order chi connectivity index (χ1) is 15.6. The Kier molecular flexibility index (Phi) is 5.28. The number of carbonyl (C=O) groups is 1. The molecular formula is C24H19FN4O2S. The first-order valence-electron chi connectivity index (χ1n) is 10.1. The van der Waals surface area contributed by atoms with Crippen LogP contribution in [0, 0.1) is 5.82 Å². The number of amides is 1. The highest BCUT2D eigenvalue weighted by atomic mass is 32.1. The van der Waals surface area contributed by atoms with Crippen LogP contribution in [-0.2, 0) is 6.61 Å². The van der Waals surface area contributed by atoms with E-state index in [0.717, 1.165) is 0 Å². The summed E-state index contributed by atoms with van der Waals surface area (Å²) in [5.41, 5.74) is 1.23. The van der Waals surface area contributed by atoms with Gasteiger partial charge in [0.15, 0.2) is 11.5 Å². The number of fused-ring (bicyclic) bond motifs is 2. The second-order valence-corrected chi connectivity index (χ2v) is 8.36. The number of nitrogens with one attached hydrogen (secondary N) is 1. The van der Waals surface area contributed by atoms with Crippen molar-refractivity contribution in [1.29, 1.82) is 0 Å². The van der Waals surface area contributed by atoms with Gasteiger partial charge in [-0.1, -0.05) is 30.3 Å². The van der Waals surface area contributed by atoms with Gasteiger partial charge in [0.25, 0.3) is 5.91 Å². The topological polar surface area (TPSA) is 68.5 Å². The number of halogens is 1. The minimum Gasteiger partial charge on any atom is -0.489 e. The van der Waals surface area contributed by atoms with E-state index in [-0.39, 0.29) is 18.3 Å². The number of hydrogen-bond acceptors (Lipinski definition) is 5. The van der Waals surface area contributed by atoms with Crippen molar-refractivity contribution >= 4 is 33.0 Å². The summed E-state index contributed by atoms with van der Waals surface area (Å²) in [4.78, 5) is 13.7. The predicted molar refractivity (Wildman–Crippen MR) is 121 cm³/mol. The summed E-state index contributed by atoms with van der Waals surface area (Å²) in [6.45, 7) is 1.92. The van der Waals surface area contributed by atoms with Crippen molar-refractivity contribution in [2.45, 2.75) is 19.6 Å². The molecule has 0 saturated heterocycles. The molecule has 5 rings (SSSR count). The molecule has 5 aromatic rings. The normalized spacial score (nSPS) is 12.2. The predicted octanol–water partition coefficient (Wildman–Crippen LogP) is 5.15. The summed E-state index contributed by atoms with van der Waals surface area (Å²) >= 11 is 1.25. The number of ether oxygens (including phenoxy) is 1. The first-order valence-corrected chi connectivity index (χ1v) is 10.9. The molecule has 8 heteroatoms. The third-order valence-electron chi connectivity index (χ3n) is 5.17. The molecule has 3 aromatic heterocycles. The number of thiophene rings is 1. The maximum Gasteiger partial charge on any atom is 0.262 e. The maximum atomic E-state index is 14.7. The van der Waals surface area contributed by atoms with Gasteiger partial charge in [-0.05, 0) is 43.3 Å². The molecule has 1 amide bonds. The lowest BCUT2D eigenvalue weighted by molar-refractivity contribution is 0.0940. The largest absolute Gasteiger partial charge is 0.489 e. The van der Waals surface area contributed by atoms with Crippen LogP contribution < -0.4 is 10.1 Å². The van der Waals surface area contributed by atoms with Crippen molar-refractivity contribution in [3.8, 4) is 5.75 Å². The van der Waals surface area contributed by atoms with E-state index < -0.39 is 6.04 Å². The van der Waals surface area contributed by atoms with Gasteiger partial charge in [0.1, 0.15) is 18.2 Å². The van der Waals surface area contributed by atoms with Crippen LogP contribution in [0.25, 0.3) is 15.7 Å². The van der Waals surface area contributed by atoms with Crippen molar-refractivity contribution in [1.82, 2.24) is 19.9 Å². The molecule has 160 valence electrons. The standard InChI is InChI=1S/C24H19FN4O2S/c1-15(23-28-27-20-12-5-6-13-29(20)23)26-24(30)22-17(14-31-16-8-3-2-4-9-16)21-18(25)10-7-11-19(21)32-22/h2-13,15H,14H2,1H3,(H,26,30). The molecule has 0 saturated carbocycles. The Morgan fingerprint density at radius 3 is 2.75 bits per heavy atom. The zero-order valence-electron chi connectivity index (χ0n) is 17.2. The van der Waals surface area contributed by atoms with E-state index in [9.17, 15) is 9.18 Å². The van der Waals surface area contributed by atoms with Crippen LogP contribution in [-0.4, -0.2) is 20.5 Å². The van der Waals surface area contributed by atoms with E-state index in [1.165, 1.54) is 17.4 Å². The monoisotopic (exact) mass is 446 g/mol. The lowest BCUT2D eigenvalue weighted by Crippen LogP contribution is -2.28. The fourth-order valence-corrected chi connectivity index (χ4v) is 4.77. The van der Waals surface area contributed by atoms with Gasteiger partial charge in [0.2, 0.25) is 0 Å². The van der Waals surface area contributed by atoms with Crippen molar-refractivity contribution in [3.63, 3.8) is 0 Å². The van der Waals surface area contributed by atoms with Crippen LogP contribution >= 0.6 is 11.3 Å². The smallest absolute Gasteiger partial charge is 0.262 e. The quantitative estimate of drug-likeness (QED) is 0.392. The Morgan fingerprint density at radius 1 is 1.09 bits per heavy atom. The molecule has 1 atom stereocenters. The molecule has 1 N–H and O–H groups in total. The molecule has 2 aromatic carbocycles. The van der Waals surface area contributed by atoms with Gasteiger partial charge < -0.3 is 10.1 Å². The number of aromatic nitrogens is 3. The Labute approximate surface area is 187 Å². The van der Waals surface area contributed by atoms with Crippen molar-refractivity contribution < 1.29 is 13.9 Å². The van der Waals surface area contributed by atoms with Crippen LogP contribution in [0.15, 0.2) is 72.9 Å². The molecule has 1 unspecified atom stereocenters. The van der Waals surface area contributed by atoms with Crippen LogP contribution in [0.4, 0.5) is 4.39 Å². The van der Waals surface area contributed by atoms with Crippen LogP contribution in [0.3, 0.4) is 0 Å². The van der Waals surface area contributed by atoms with Gasteiger partial charge in [-0.15, -0.1) is 21.5 Å². The summed E-state index contributed by atoms with van der Waals surface area (Å²) in [6, 6.07) is 19.3. The van der Waals surface area contributed by atoms with Gasteiger partial charge in [-0.2, -0.15) is 0 Å². The highest BCUT2D eigenvalue weighted by molar-refractivity contribution is 7.21. The zero-order chi connectivity index (χ0) is 22.1. The lowest BCUT2D eigenvalue weighted by Gasteiger charge is -2.13. The molecule has 0 aliphatic rings. The number of carbonyl (C=O) groups excluding carboxylic acids is 1. The van der Waals surface area contributed by atoms with Crippen molar-refractivity contribution in [2.24, 2.45) is 0 Å². The lowest BCUT2D eigenvalue weighted by atomic mass is 10.1. The Morgan fingerprint density at radius 2 is 1.91 bits per heavy atom. The number of benzene rings is 2. The minimum atomic E-state index is -0.405. The zero-order valence-corrected chi connectivity index (χ0v) is 18.0. The van der Waals surface area contributed by atoms with Crippen molar-refractivity contribution in [3.05, 3.63) is 95.0 Å². The highest BCUT2D eigenvalue weighted by Gasteiger charge is 2.24. The van der Waals surface area contributed by atoms with Gasteiger partial charge >= 0.3 is 0 Å². The van der Waals surface area contributed by atoms with Gasteiger partial charge in [-0.25, -0.2) is 4.39 Å². The second-order valence-electron chi connectivity index (χ2n) is 7.31. The first kappa shape index (κ1) is 20.1. The summed E-state index contributed by atoms with van der Waals surface area (Å²) in [7, 11) is 0. The fraction of sp³-hybridized carbons (Fsp3) is 0.125. The average molecular weight is 447 g/mol. The number of rotatable bonds is 6. The van der Waals surface area contributed by atoms with Crippen molar-refractivity contribution in [2.75, 3.05) is 0 Å². The number of pyridine rings is 1. The fourth-order valence-electron chi connectivity index (χ4n) is 3.64. The van der Waals surface area contributed by atoms with E-state index in [4.69, 9.17) is 4.74 Å². The maximum absolute atomic E-state index is 14.7. The van der Waals surface area contributed by atoms with Crippen LogP contribution in [0.1, 0.15) is 34.0 Å². The molecule has 3 heterocycles. The molecule has 32 heavy (non-hydrogen) atoms. The summed E-state index contributed by atoms with van der Waals surface area (Å²) in [6.07, 6.45) is 1.85. The SMILES string of the molecule is CC(NC(=O)c1sc2cccc(F)c2c1COc1ccccc1)c1nnc2ccccn12. The molecule has 0 spiro atoms. The van der Waals surface area contributed by atoms with Crippen LogP contribution in [0.2, 0.25) is 0 Å². The highest BCUT2D eigenvalue weighted by Crippen LogP contribution is 2.34.